The average Bonchev–Trinajstić information content (AvgIpc) is 3.14. The third-order valence-electron chi connectivity index (χ3n) is 4.24. The van der Waals surface area contributed by atoms with E-state index in [0.29, 0.717) is 28.9 Å². The molecule has 0 unspecified atom stereocenters. The zero-order valence-corrected chi connectivity index (χ0v) is 18.2. The van der Waals surface area contributed by atoms with Crippen molar-refractivity contribution in [1.82, 2.24) is 13.7 Å². The van der Waals surface area contributed by atoms with E-state index in [2.05, 4.69) is 23.9 Å². The van der Waals surface area contributed by atoms with Gasteiger partial charge in [0.1, 0.15) is 6.73 Å². The van der Waals surface area contributed by atoms with Crippen LogP contribution >= 0.6 is 23.1 Å². The van der Waals surface area contributed by atoms with Gasteiger partial charge in [-0.3, -0.25) is 13.4 Å². The van der Waals surface area contributed by atoms with Crippen LogP contribution in [-0.2, 0) is 29.2 Å². The van der Waals surface area contributed by atoms with Crippen molar-refractivity contribution in [2.45, 2.75) is 47.4 Å². The molecule has 2 heterocycles. The third kappa shape index (κ3) is 4.90. The molecule has 0 saturated heterocycles. The first-order valence-corrected chi connectivity index (χ1v) is 10.5. The van der Waals surface area contributed by atoms with Crippen LogP contribution < -0.4 is 4.67 Å². The summed E-state index contributed by atoms with van der Waals surface area (Å²) < 4.78 is 9.79. The molecule has 0 spiro atoms. The molecule has 0 aliphatic carbocycles. The Kier molecular flexibility index (Phi) is 6.69. The average molecular weight is 421 g/mol. The first-order chi connectivity index (χ1) is 13.4. The summed E-state index contributed by atoms with van der Waals surface area (Å²) in [6, 6.07) is 5.88. The molecule has 1 aromatic carbocycles. The van der Waals surface area contributed by atoms with Gasteiger partial charge in [-0.05, 0) is 49.0 Å². The summed E-state index contributed by atoms with van der Waals surface area (Å²) in [5.74, 6) is 0.305. The van der Waals surface area contributed by atoms with Gasteiger partial charge in [0, 0.05) is 30.4 Å². The Morgan fingerprint density at radius 3 is 2.89 bits per heavy atom. The lowest BCUT2D eigenvalue weighted by Gasteiger charge is -2.03. The molecule has 3 aromatic rings. The SMILES string of the molecule is CCOCn1sc(=NC(=O)Cc2ccc3nn(CC(C)C)cc3c2)c(Cl)c1C. The molecule has 0 saturated carbocycles. The van der Waals surface area contributed by atoms with Crippen molar-refractivity contribution in [2.75, 3.05) is 6.61 Å². The number of carbonyl (C=O) groups excluding carboxylic acids is 1. The predicted octanol–water partition coefficient (Wildman–Crippen LogP) is 4.18. The summed E-state index contributed by atoms with van der Waals surface area (Å²) in [7, 11) is 0. The Morgan fingerprint density at radius 2 is 2.18 bits per heavy atom. The van der Waals surface area contributed by atoms with Gasteiger partial charge >= 0.3 is 0 Å². The highest BCUT2D eigenvalue weighted by molar-refractivity contribution is 7.04. The van der Waals surface area contributed by atoms with E-state index >= 15 is 0 Å². The van der Waals surface area contributed by atoms with Gasteiger partial charge in [0.15, 0.2) is 4.67 Å². The first kappa shape index (κ1) is 20.8. The van der Waals surface area contributed by atoms with Crippen LogP contribution in [0.25, 0.3) is 10.9 Å². The van der Waals surface area contributed by atoms with Gasteiger partial charge in [-0.2, -0.15) is 10.1 Å². The molecule has 0 radical (unpaired) electrons. The van der Waals surface area contributed by atoms with Crippen LogP contribution in [0.3, 0.4) is 0 Å². The predicted molar refractivity (Wildman–Crippen MR) is 113 cm³/mol. The summed E-state index contributed by atoms with van der Waals surface area (Å²) in [5.41, 5.74) is 2.70. The normalized spacial score (nSPS) is 12.4. The highest BCUT2D eigenvalue weighted by Crippen LogP contribution is 2.17. The number of ether oxygens (including phenoxy) is 1. The molecular weight excluding hydrogens is 396 g/mol. The van der Waals surface area contributed by atoms with Crippen LogP contribution in [0.1, 0.15) is 32.0 Å². The van der Waals surface area contributed by atoms with Crippen LogP contribution in [0.5, 0.6) is 0 Å². The van der Waals surface area contributed by atoms with E-state index in [1.54, 1.807) is 0 Å². The van der Waals surface area contributed by atoms with E-state index < -0.39 is 0 Å². The van der Waals surface area contributed by atoms with Crippen molar-refractivity contribution >= 4 is 39.9 Å². The van der Waals surface area contributed by atoms with Crippen molar-refractivity contribution in [2.24, 2.45) is 10.9 Å². The Balaban J connectivity index is 1.78. The van der Waals surface area contributed by atoms with E-state index in [-0.39, 0.29) is 12.3 Å². The number of halogens is 1. The topological polar surface area (TPSA) is 61.4 Å². The number of amides is 1. The fraction of sp³-hybridized carbons (Fsp3) is 0.450. The molecule has 0 bridgehead atoms. The molecule has 6 nitrogen and oxygen atoms in total. The zero-order chi connectivity index (χ0) is 20.3. The highest BCUT2D eigenvalue weighted by atomic mass is 35.5. The van der Waals surface area contributed by atoms with Crippen molar-refractivity contribution in [1.29, 1.82) is 0 Å². The summed E-state index contributed by atoms with van der Waals surface area (Å²) >= 11 is 7.67. The van der Waals surface area contributed by atoms with Crippen molar-refractivity contribution in [3.8, 4) is 0 Å². The molecule has 0 atom stereocenters. The van der Waals surface area contributed by atoms with E-state index in [9.17, 15) is 4.79 Å². The minimum Gasteiger partial charge on any atom is -0.360 e. The van der Waals surface area contributed by atoms with Gasteiger partial charge in [-0.15, -0.1) is 0 Å². The van der Waals surface area contributed by atoms with Gasteiger partial charge in [-0.1, -0.05) is 31.5 Å². The Hall–Kier alpha value is -1.96. The Labute approximate surface area is 173 Å². The largest absolute Gasteiger partial charge is 0.360 e. The van der Waals surface area contributed by atoms with Gasteiger partial charge in [0.05, 0.1) is 17.0 Å². The molecule has 0 aliphatic heterocycles. The molecular formula is C20H25ClN4O2S. The van der Waals surface area contributed by atoms with Gasteiger partial charge in [0.25, 0.3) is 5.91 Å². The maximum atomic E-state index is 12.5. The highest BCUT2D eigenvalue weighted by Gasteiger charge is 2.11. The lowest BCUT2D eigenvalue weighted by molar-refractivity contribution is -0.117. The lowest BCUT2D eigenvalue weighted by Crippen LogP contribution is -2.06. The van der Waals surface area contributed by atoms with Crippen molar-refractivity contribution in [3.05, 3.63) is 45.3 Å². The van der Waals surface area contributed by atoms with Crippen LogP contribution in [0.4, 0.5) is 0 Å². The summed E-state index contributed by atoms with van der Waals surface area (Å²) in [6.45, 7) is 10.0. The maximum Gasteiger partial charge on any atom is 0.251 e. The van der Waals surface area contributed by atoms with Gasteiger partial charge in [-0.25, -0.2) is 0 Å². The van der Waals surface area contributed by atoms with Crippen molar-refractivity contribution < 1.29 is 9.53 Å². The molecule has 1 amide bonds. The number of benzene rings is 1. The molecule has 0 N–H and O–H groups in total. The number of carbonyl (C=O) groups is 1. The summed E-state index contributed by atoms with van der Waals surface area (Å²) in [6.07, 6.45) is 2.25. The van der Waals surface area contributed by atoms with Gasteiger partial charge < -0.3 is 4.74 Å². The second kappa shape index (κ2) is 9.03. The molecule has 0 aliphatic rings. The minimum absolute atomic E-state index is 0.222. The fourth-order valence-corrected chi connectivity index (χ4v) is 4.11. The molecule has 150 valence electrons. The first-order valence-electron chi connectivity index (χ1n) is 9.35. The molecule has 28 heavy (non-hydrogen) atoms. The smallest absolute Gasteiger partial charge is 0.251 e. The van der Waals surface area contributed by atoms with Crippen LogP contribution in [0.2, 0.25) is 5.02 Å². The van der Waals surface area contributed by atoms with E-state index in [4.69, 9.17) is 16.3 Å². The van der Waals surface area contributed by atoms with Crippen LogP contribution in [0.15, 0.2) is 29.4 Å². The number of hydrogen-bond donors (Lipinski definition) is 0. The second-order valence-corrected chi connectivity index (χ2v) is 8.50. The van der Waals surface area contributed by atoms with Gasteiger partial charge in [0.2, 0.25) is 0 Å². The zero-order valence-electron chi connectivity index (χ0n) is 16.6. The molecule has 3 rings (SSSR count). The minimum atomic E-state index is -0.222. The number of nitrogens with zero attached hydrogens (tertiary/aromatic N) is 4. The fourth-order valence-electron chi connectivity index (χ4n) is 2.88. The molecule has 2 aromatic heterocycles. The summed E-state index contributed by atoms with van der Waals surface area (Å²) in [4.78, 5) is 16.7. The monoisotopic (exact) mass is 420 g/mol. The van der Waals surface area contributed by atoms with E-state index in [1.807, 2.05) is 46.9 Å². The quantitative estimate of drug-likeness (QED) is 0.576. The summed E-state index contributed by atoms with van der Waals surface area (Å²) in [5, 5.41) is 6.10. The molecule has 0 fully saturated rings. The van der Waals surface area contributed by atoms with E-state index in [1.165, 1.54) is 11.5 Å². The maximum absolute atomic E-state index is 12.5. The Bertz CT molecular complexity index is 1050. The second-order valence-electron chi connectivity index (χ2n) is 7.12. The van der Waals surface area contributed by atoms with Crippen LogP contribution in [-0.4, -0.2) is 26.3 Å². The van der Waals surface area contributed by atoms with Crippen LogP contribution in [0, 0.1) is 12.8 Å². The number of hydrogen-bond acceptors (Lipinski definition) is 4. The number of aromatic nitrogens is 3. The lowest BCUT2D eigenvalue weighted by atomic mass is 10.1. The number of fused-ring (bicyclic) bond motifs is 1. The molecule has 8 heteroatoms. The third-order valence-corrected chi connectivity index (χ3v) is 5.87. The Morgan fingerprint density at radius 1 is 1.39 bits per heavy atom. The van der Waals surface area contributed by atoms with Crippen molar-refractivity contribution in [3.63, 3.8) is 0 Å². The number of rotatable bonds is 7. The van der Waals surface area contributed by atoms with E-state index in [0.717, 1.165) is 28.7 Å². The standard InChI is InChI=1S/C20H25ClN4O2S/c1-5-27-12-25-14(4)19(21)20(28-25)22-18(26)9-15-6-7-17-16(8-15)11-24(23-17)10-13(2)3/h6-8,11,13H,5,9-10,12H2,1-4H3.